The molecule has 0 amide bonds. The molecule has 0 spiro atoms. The molecule has 0 unspecified atom stereocenters. The van der Waals surface area contributed by atoms with E-state index in [0.29, 0.717) is 11.4 Å². The highest BCUT2D eigenvalue weighted by molar-refractivity contribution is 9.10. The molecule has 1 aromatic heterocycles. The Morgan fingerprint density at radius 1 is 1.20 bits per heavy atom. The molecule has 106 valence electrons. The predicted octanol–water partition coefficient (Wildman–Crippen LogP) is 3.46. The smallest absolute Gasteiger partial charge is 0.405 e. The van der Waals surface area contributed by atoms with Crippen molar-refractivity contribution in [2.45, 2.75) is 6.36 Å². The van der Waals surface area contributed by atoms with E-state index in [9.17, 15) is 13.2 Å². The molecule has 0 radical (unpaired) electrons. The Kier molecular flexibility index (Phi) is 3.98. The minimum absolute atomic E-state index is 0.148. The van der Waals surface area contributed by atoms with E-state index in [-0.39, 0.29) is 16.2 Å². The monoisotopic (exact) mass is 348 g/mol. The van der Waals surface area contributed by atoms with Gasteiger partial charge in [0.1, 0.15) is 5.75 Å². The number of rotatable bonds is 3. The first-order valence-corrected chi connectivity index (χ1v) is 6.02. The summed E-state index contributed by atoms with van der Waals surface area (Å²) >= 11 is 3.00. The van der Waals surface area contributed by atoms with Crippen LogP contribution in [-0.4, -0.2) is 16.3 Å². The third kappa shape index (κ3) is 3.98. The topological polar surface area (TPSA) is 73.1 Å². The lowest BCUT2D eigenvalue weighted by atomic mass is 10.3. The maximum atomic E-state index is 12.1. The normalized spacial score (nSPS) is 11.2. The molecule has 2 aromatic rings. The molecule has 0 saturated carbocycles. The first-order chi connectivity index (χ1) is 9.33. The largest absolute Gasteiger partial charge is 0.573 e. The molecule has 1 aromatic carbocycles. The van der Waals surface area contributed by atoms with Gasteiger partial charge in [0.15, 0.2) is 0 Å². The Morgan fingerprint density at radius 3 is 2.40 bits per heavy atom. The number of nitrogens with zero attached hydrogens (tertiary/aromatic N) is 2. The Bertz CT molecular complexity index is 604. The van der Waals surface area contributed by atoms with E-state index in [4.69, 9.17) is 5.73 Å². The van der Waals surface area contributed by atoms with Crippen LogP contribution in [0.1, 0.15) is 0 Å². The third-order valence-electron chi connectivity index (χ3n) is 2.09. The van der Waals surface area contributed by atoms with Gasteiger partial charge in [-0.1, -0.05) is 0 Å². The van der Waals surface area contributed by atoms with Gasteiger partial charge in [0.05, 0.1) is 22.6 Å². The first kappa shape index (κ1) is 14.4. The van der Waals surface area contributed by atoms with Crippen LogP contribution >= 0.6 is 15.9 Å². The van der Waals surface area contributed by atoms with Gasteiger partial charge in [0, 0.05) is 5.69 Å². The van der Waals surface area contributed by atoms with Crippen LogP contribution in [0.15, 0.2) is 35.1 Å². The summed E-state index contributed by atoms with van der Waals surface area (Å²) in [6.45, 7) is 0. The fourth-order valence-electron chi connectivity index (χ4n) is 1.32. The van der Waals surface area contributed by atoms with Gasteiger partial charge in [0.25, 0.3) is 0 Å². The van der Waals surface area contributed by atoms with E-state index in [1.165, 1.54) is 30.6 Å². The summed E-state index contributed by atoms with van der Waals surface area (Å²) < 4.78 is 40.3. The maximum Gasteiger partial charge on any atom is 0.573 e. The molecular weight excluding hydrogens is 341 g/mol. The van der Waals surface area contributed by atoms with Crippen LogP contribution in [0.5, 0.6) is 5.75 Å². The average Bonchev–Trinajstić information content (AvgIpc) is 2.34. The lowest BCUT2D eigenvalue weighted by molar-refractivity contribution is -0.274. The summed E-state index contributed by atoms with van der Waals surface area (Å²) in [4.78, 5) is 7.82. The van der Waals surface area contributed by atoms with E-state index in [0.717, 1.165) is 0 Å². The number of benzene rings is 1. The number of alkyl halides is 3. The zero-order chi connectivity index (χ0) is 14.8. The number of ether oxygens (including phenoxy) is 1. The molecular formula is C11H8BrF3N4O. The van der Waals surface area contributed by atoms with Crippen LogP contribution in [0.25, 0.3) is 0 Å². The van der Waals surface area contributed by atoms with Crippen molar-refractivity contribution in [3.8, 4) is 5.75 Å². The van der Waals surface area contributed by atoms with Crippen LogP contribution in [0.2, 0.25) is 0 Å². The first-order valence-electron chi connectivity index (χ1n) is 5.23. The van der Waals surface area contributed by atoms with Crippen LogP contribution in [0, 0.1) is 0 Å². The number of hydrogen-bond donors (Lipinski definition) is 2. The molecule has 0 bridgehead atoms. The number of nitrogens with one attached hydrogen (secondary N) is 1. The van der Waals surface area contributed by atoms with Gasteiger partial charge in [-0.05, 0) is 34.1 Å². The van der Waals surface area contributed by atoms with Gasteiger partial charge >= 0.3 is 6.36 Å². The van der Waals surface area contributed by atoms with Gasteiger partial charge in [-0.2, -0.15) is 0 Å². The summed E-state index contributed by atoms with van der Waals surface area (Å²) in [6.07, 6.45) is -1.92. The second kappa shape index (κ2) is 5.53. The number of nitrogen functional groups attached to an aromatic ring is 1. The fraction of sp³-hybridized carbons (Fsp3) is 0.0909. The minimum Gasteiger partial charge on any atom is -0.405 e. The summed E-state index contributed by atoms with van der Waals surface area (Å²) in [5, 5.41) is 2.82. The van der Waals surface area contributed by atoms with Gasteiger partial charge in [-0.15, -0.1) is 13.2 Å². The number of anilines is 3. The molecule has 9 heteroatoms. The SMILES string of the molecule is Nc1cnc(Nc2ccc(OC(F)(F)F)c(Br)c2)nc1. The molecule has 1 heterocycles. The van der Waals surface area contributed by atoms with E-state index in [1.54, 1.807) is 0 Å². The molecule has 0 fully saturated rings. The molecule has 0 atom stereocenters. The zero-order valence-electron chi connectivity index (χ0n) is 9.78. The van der Waals surface area contributed by atoms with Gasteiger partial charge < -0.3 is 15.8 Å². The molecule has 5 nitrogen and oxygen atoms in total. The molecule has 0 saturated heterocycles. The molecule has 3 N–H and O–H groups in total. The van der Waals surface area contributed by atoms with E-state index >= 15 is 0 Å². The summed E-state index contributed by atoms with van der Waals surface area (Å²) in [7, 11) is 0. The standard InChI is InChI=1S/C11H8BrF3N4O/c12-8-3-7(1-2-9(8)20-11(13,14)15)19-10-17-4-6(16)5-18-10/h1-5H,16H2,(H,17,18,19). The fourth-order valence-corrected chi connectivity index (χ4v) is 1.78. The molecule has 0 aliphatic rings. The molecule has 2 rings (SSSR count). The van der Waals surface area contributed by atoms with Crippen LogP contribution < -0.4 is 15.8 Å². The van der Waals surface area contributed by atoms with Crippen molar-refractivity contribution in [1.29, 1.82) is 0 Å². The minimum atomic E-state index is -4.74. The molecule has 0 aliphatic carbocycles. The predicted molar refractivity (Wildman–Crippen MR) is 70.6 cm³/mol. The van der Waals surface area contributed by atoms with Gasteiger partial charge in [0.2, 0.25) is 5.95 Å². The van der Waals surface area contributed by atoms with E-state index in [2.05, 4.69) is 36.0 Å². The van der Waals surface area contributed by atoms with Crippen molar-refractivity contribution in [2.24, 2.45) is 0 Å². The van der Waals surface area contributed by atoms with Crippen molar-refractivity contribution >= 4 is 33.3 Å². The van der Waals surface area contributed by atoms with Crippen LogP contribution in [0.4, 0.5) is 30.5 Å². The second-order valence-corrected chi connectivity index (χ2v) is 4.51. The van der Waals surface area contributed by atoms with Crippen molar-refractivity contribution in [2.75, 3.05) is 11.1 Å². The van der Waals surface area contributed by atoms with E-state index in [1.807, 2.05) is 0 Å². The van der Waals surface area contributed by atoms with Gasteiger partial charge in [-0.25, -0.2) is 9.97 Å². The lowest BCUT2D eigenvalue weighted by Gasteiger charge is -2.12. The number of hydrogen-bond acceptors (Lipinski definition) is 5. The van der Waals surface area contributed by atoms with Crippen molar-refractivity contribution < 1.29 is 17.9 Å². The number of halogens is 4. The molecule has 0 aliphatic heterocycles. The highest BCUT2D eigenvalue weighted by Crippen LogP contribution is 2.32. The lowest BCUT2D eigenvalue weighted by Crippen LogP contribution is -2.17. The Morgan fingerprint density at radius 2 is 1.85 bits per heavy atom. The quantitative estimate of drug-likeness (QED) is 0.888. The van der Waals surface area contributed by atoms with Crippen molar-refractivity contribution in [3.63, 3.8) is 0 Å². The van der Waals surface area contributed by atoms with Crippen molar-refractivity contribution in [1.82, 2.24) is 9.97 Å². The van der Waals surface area contributed by atoms with Gasteiger partial charge in [-0.3, -0.25) is 0 Å². The summed E-state index contributed by atoms with van der Waals surface area (Å²) in [6, 6.07) is 4.00. The zero-order valence-corrected chi connectivity index (χ0v) is 11.4. The molecule has 20 heavy (non-hydrogen) atoms. The Labute approximate surface area is 120 Å². The number of nitrogens with two attached hydrogens (primary N) is 1. The maximum absolute atomic E-state index is 12.1. The average molecular weight is 349 g/mol. The van der Waals surface area contributed by atoms with Crippen LogP contribution in [-0.2, 0) is 0 Å². The Hall–Kier alpha value is -2.03. The van der Waals surface area contributed by atoms with Crippen LogP contribution in [0.3, 0.4) is 0 Å². The second-order valence-electron chi connectivity index (χ2n) is 3.66. The Balaban J connectivity index is 2.14. The summed E-state index contributed by atoms with van der Waals surface area (Å²) in [5.41, 5.74) is 6.34. The van der Waals surface area contributed by atoms with E-state index < -0.39 is 6.36 Å². The highest BCUT2D eigenvalue weighted by Gasteiger charge is 2.31. The summed E-state index contributed by atoms with van der Waals surface area (Å²) in [5.74, 6) is -0.0585. The van der Waals surface area contributed by atoms with Crippen molar-refractivity contribution in [3.05, 3.63) is 35.1 Å². The number of aromatic nitrogens is 2. The third-order valence-corrected chi connectivity index (χ3v) is 2.71. The highest BCUT2D eigenvalue weighted by atomic mass is 79.9.